The van der Waals surface area contributed by atoms with E-state index >= 15 is 0 Å². The third kappa shape index (κ3) is 1.90. The molecule has 1 amide bonds. The van der Waals surface area contributed by atoms with E-state index in [4.69, 9.17) is 10.6 Å². The highest BCUT2D eigenvalue weighted by Gasteiger charge is 2.46. The topological polar surface area (TPSA) is 102 Å². The lowest BCUT2D eigenvalue weighted by Crippen LogP contribution is -2.66. The molecule has 8 heteroatoms. The van der Waals surface area contributed by atoms with Gasteiger partial charge in [0.05, 0.1) is 6.04 Å². The highest BCUT2D eigenvalue weighted by molar-refractivity contribution is 7.47. The highest BCUT2D eigenvalue weighted by Crippen LogP contribution is 2.45. The summed E-state index contributed by atoms with van der Waals surface area (Å²) in [5.41, 5.74) is 5.33. The molecular weight excluding hydrogens is 199 g/mol. The van der Waals surface area contributed by atoms with Gasteiger partial charge in [-0.3, -0.25) is 9.32 Å². The number of hydrogen-bond acceptors (Lipinski definition) is 5. The highest BCUT2D eigenvalue weighted by atomic mass is 31.2. The molecule has 13 heavy (non-hydrogen) atoms. The van der Waals surface area contributed by atoms with Gasteiger partial charge in [-0.05, 0) is 6.92 Å². The van der Waals surface area contributed by atoms with Gasteiger partial charge in [0.15, 0.2) is 0 Å². The molecule has 1 unspecified atom stereocenters. The van der Waals surface area contributed by atoms with Crippen molar-refractivity contribution in [2.24, 2.45) is 5.73 Å². The van der Waals surface area contributed by atoms with Gasteiger partial charge in [0.2, 0.25) is 0 Å². The van der Waals surface area contributed by atoms with Gasteiger partial charge in [0.1, 0.15) is 6.04 Å². The molecule has 1 fully saturated rings. The normalized spacial score (nSPS) is 32.6. The Hall–Kier alpha value is -0.460. The third-order valence-corrected chi connectivity index (χ3v) is 2.66. The second-order valence-electron chi connectivity index (χ2n) is 2.66. The van der Waals surface area contributed by atoms with Crippen LogP contribution in [0.4, 0.5) is 0 Å². The van der Waals surface area contributed by atoms with Gasteiger partial charge >= 0.3 is 7.82 Å². The SMILES string of the molecule is COP(=O)(O)ON1C(=O)[C@@H](N)[C@@H]1C. The molecule has 76 valence electrons. The second-order valence-corrected chi connectivity index (χ2v) is 4.13. The lowest BCUT2D eigenvalue weighted by atomic mass is 10.0. The van der Waals surface area contributed by atoms with Gasteiger partial charge in [0.25, 0.3) is 5.91 Å². The van der Waals surface area contributed by atoms with E-state index in [9.17, 15) is 9.36 Å². The van der Waals surface area contributed by atoms with E-state index in [1.807, 2.05) is 0 Å². The summed E-state index contributed by atoms with van der Waals surface area (Å²) in [6.07, 6.45) is 0. The lowest BCUT2D eigenvalue weighted by Gasteiger charge is -2.41. The molecule has 1 aliphatic heterocycles. The molecule has 1 saturated heterocycles. The molecule has 0 aromatic carbocycles. The van der Waals surface area contributed by atoms with Crippen LogP contribution in [0.1, 0.15) is 6.92 Å². The number of hydroxylamine groups is 2. The predicted molar refractivity (Wildman–Crippen MR) is 42.2 cm³/mol. The second kappa shape index (κ2) is 3.36. The molecule has 3 N–H and O–H groups in total. The summed E-state index contributed by atoms with van der Waals surface area (Å²) in [6.45, 7) is 1.60. The first-order valence-corrected chi connectivity index (χ1v) is 5.05. The number of phosphoric acid groups is 1. The Balaban J connectivity index is 2.57. The van der Waals surface area contributed by atoms with Crippen LogP contribution < -0.4 is 5.73 Å². The van der Waals surface area contributed by atoms with Crippen molar-refractivity contribution in [2.45, 2.75) is 19.0 Å². The van der Waals surface area contributed by atoms with Crippen LogP contribution in [-0.2, 0) is 18.5 Å². The Labute approximate surface area is 75.0 Å². The van der Waals surface area contributed by atoms with Crippen LogP contribution >= 0.6 is 7.82 Å². The van der Waals surface area contributed by atoms with Crippen molar-refractivity contribution in [1.82, 2.24) is 5.06 Å². The van der Waals surface area contributed by atoms with Gasteiger partial charge in [-0.1, -0.05) is 0 Å². The number of phosphoric ester groups is 1. The minimum absolute atomic E-state index is 0.414. The number of hydrogen-bond donors (Lipinski definition) is 2. The van der Waals surface area contributed by atoms with Crippen molar-refractivity contribution in [3.8, 4) is 0 Å². The van der Waals surface area contributed by atoms with E-state index in [0.717, 1.165) is 12.2 Å². The summed E-state index contributed by atoms with van der Waals surface area (Å²) in [6, 6.07) is -1.08. The molecule has 0 radical (unpaired) electrons. The maximum absolute atomic E-state index is 11.0. The maximum Gasteiger partial charge on any atom is 0.493 e. The Morgan fingerprint density at radius 3 is 2.62 bits per heavy atom. The molecule has 0 spiro atoms. The van der Waals surface area contributed by atoms with Crippen LogP contribution in [0.2, 0.25) is 0 Å². The zero-order valence-electron chi connectivity index (χ0n) is 7.21. The molecule has 0 aromatic heterocycles. The summed E-state index contributed by atoms with van der Waals surface area (Å²) >= 11 is 0. The Bertz CT molecular complexity index is 270. The Morgan fingerprint density at radius 1 is 1.69 bits per heavy atom. The quantitative estimate of drug-likeness (QED) is 0.468. The van der Waals surface area contributed by atoms with E-state index in [2.05, 4.69) is 9.15 Å². The molecule has 0 aromatic rings. The first-order valence-electron chi connectivity index (χ1n) is 3.56. The van der Waals surface area contributed by atoms with E-state index in [-0.39, 0.29) is 0 Å². The summed E-state index contributed by atoms with van der Waals surface area (Å²) < 4.78 is 19.4. The monoisotopic (exact) mass is 210 g/mol. The van der Waals surface area contributed by atoms with Gasteiger partial charge in [-0.2, -0.15) is 4.62 Å². The minimum Gasteiger partial charge on any atom is -0.318 e. The lowest BCUT2D eigenvalue weighted by molar-refractivity contribution is -0.198. The first-order chi connectivity index (χ1) is 5.89. The standard InChI is InChI=1S/C5H11N2O5P/c1-3-4(6)5(8)7(3)12-13(9,10)11-2/h3-4H,6H2,1-2H3,(H,9,10)/t3-,4-/m0/s1. The molecule has 1 aliphatic rings. The van der Waals surface area contributed by atoms with Crippen molar-refractivity contribution in [3.05, 3.63) is 0 Å². The number of carbonyl (C=O) groups excluding carboxylic acids is 1. The summed E-state index contributed by atoms with van der Waals surface area (Å²) in [5.74, 6) is -0.529. The summed E-state index contributed by atoms with van der Waals surface area (Å²) in [4.78, 5) is 19.8. The number of amides is 1. The van der Waals surface area contributed by atoms with Gasteiger partial charge < -0.3 is 10.6 Å². The van der Waals surface area contributed by atoms with Crippen molar-refractivity contribution in [2.75, 3.05) is 7.11 Å². The average Bonchev–Trinajstić information content (AvgIpc) is 2.12. The molecule has 7 nitrogen and oxygen atoms in total. The smallest absolute Gasteiger partial charge is 0.318 e. The molecular formula is C5H11N2O5P. The van der Waals surface area contributed by atoms with Gasteiger partial charge in [0, 0.05) is 7.11 Å². The molecule has 0 saturated carbocycles. The Morgan fingerprint density at radius 2 is 2.23 bits per heavy atom. The van der Waals surface area contributed by atoms with Crippen molar-refractivity contribution in [1.29, 1.82) is 0 Å². The van der Waals surface area contributed by atoms with E-state index in [1.165, 1.54) is 0 Å². The molecule has 3 atom stereocenters. The number of nitrogens with zero attached hydrogens (tertiary/aromatic N) is 1. The number of rotatable bonds is 3. The average molecular weight is 210 g/mol. The fourth-order valence-electron chi connectivity index (χ4n) is 0.877. The number of nitrogens with two attached hydrogens (primary N) is 1. The minimum atomic E-state index is -4.15. The fraction of sp³-hybridized carbons (Fsp3) is 0.800. The van der Waals surface area contributed by atoms with Crippen LogP contribution in [0.15, 0.2) is 0 Å². The molecule has 0 bridgehead atoms. The summed E-state index contributed by atoms with van der Waals surface area (Å²) in [5, 5.41) is 0.745. The summed E-state index contributed by atoms with van der Waals surface area (Å²) in [7, 11) is -3.14. The number of β-lactam (4-membered cyclic amide) rings is 1. The molecule has 0 aliphatic carbocycles. The van der Waals surface area contributed by atoms with Crippen molar-refractivity contribution < 1.29 is 23.4 Å². The fourth-order valence-corrected chi connectivity index (χ4v) is 1.39. The van der Waals surface area contributed by atoms with E-state index in [1.54, 1.807) is 6.92 Å². The zero-order chi connectivity index (χ0) is 10.2. The van der Waals surface area contributed by atoms with Crippen LogP contribution in [0, 0.1) is 0 Å². The first kappa shape index (κ1) is 10.6. The van der Waals surface area contributed by atoms with E-state index in [0.29, 0.717) is 0 Å². The largest absolute Gasteiger partial charge is 0.493 e. The van der Waals surface area contributed by atoms with Gasteiger partial charge in [-0.25, -0.2) is 9.63 Å². The van der Waals surface area contributed by atoms with E-state index < -0.39 is 25.8 Å². The van der Waals surface area contributed by atoms with Gasteiger partial charge in [-0.15, -0.1) is 0 Å². The number of carbonyl (C=O) groups is 1. The van der Waals surface area contributed by atoms with Crippen LogP contribution in [0.25, 0.3) is 0 Å². The molecule has 1 rings (SSSR count). The van der Waals surface area contributed by atoms with Crippen LogP contribution in [0.3, 0.4) is 0 Å². The zero-order valence-corrected chi connectivity index (χ0v) is 8.10. The molecule has 1 heterocycles. The van der Waals surface area contributed by atoms with Crippen LogP contribution in [0.5, 0.6) is 0 Å². The van der Waals surface area contributed by atoms with Crippen molar-refractivity contribution >= 4 is 13.7 Å². The van der Waals surface area contributed by atoms with Crippen molar-refractivity contribution in [3.63, 3.8) is 0 Å². The van der Waals surface area contributed by atoms with Crippen LogP contribution in [-0.4, -0.2) is 35.1 Å². The maximum atomic E-state index is 11.0. The third-order valence-electron chi connectivity index (χ3n) is 1.81. The Kier molecular flexibility index (Phi) is 2.74. The predicted octanol–water partition coefficient (Wildman–Crippen LogP) is -0.777.